The van der Waals surface area contributed by atoms with Crippen LogP contribution in [0, 0.1) is 47.5 Å². The van der Waals surface area contributed by atoms with Crippen LogP contribution in [0.15, 0.2) is 82.9 Å². The Morgan fingerprint density at radius 1 is 0.592 bits per heavy atom. The van der Waals surface area contributed by atoms with E-state index in [4.69, 9.17) is 87.7 Å². The van der Waals surface area contributed by atoms with Crippen LogP contribution in [0.1, 0.15) is 110 Å². The molecule has 12 heterocycles. The molecule has 508 valence electrons. The maximum Gasteiger partial charge on any atom is 0.256 e. The van der Waals surface area contributed by atoms with Crippen molar-refractivity contribution in [3.05, 3.63) is 206 Å². The van der Waals surface area contributed by atoms with Crippen molar-refractivity contribution in [2.24, 2.45) is 13.0 Å². The molecule has 0 spiro atoms. The number of carbonyl (C=O) groups excluding carboxylic acids is 3. The Labute approximate surface area is 588 Å². The van der Waals surface area contributed by atoms with Gasteiger partial charge in [0.05, 0.1) is 115 Å². The number of methoxy groups -OCH3 is 1. The standard InChI is InChI=1S/C23H20Cl2N4O3.C23H22Cl2N2O6S.C22H19Cl2N5O3/c1-10-18(12(3)32-28-10)15-8-17(24)14-5-7-29(23(31)19(14)20(15)25)9-16-13-4-6-26-21(13)11(2)27-22(16)30;1-11-13-4-6-33-21(13)16(22(28)26-11)8-27-5-3-14-17(24)7-15(19(25)18(14)23(27)29)20(32-2)12-9-34(30,31)10-12;1-10-12-5-7-32-20(12)15(21(30)25-10)9-29-6-4-13-16(23)8-14(18(24)17(13)22(29)31)19-11(2)26-27-28(19)3/h4,6,8,26H,5,7,9H2,1-3H3,(H,27,30);4,6-7,12,20H,3,5,8-10H2,1-2H3,(H,26,28);5,7-8H,4,6,9H2,1-3H3,(H,25,30)/t;20-;/m.1./s1. The fourth-order valence-electron chi connectivity index (χ4n) is 13.9. The number of ether oxygens (including phenoxy) is 1. The molecule has 11 aromatic rings. The van der Waals surface area contributed by atoms with E-state index in [-0.39, 0.29) is 82.0 Å². The Hall–Kier alpha value is -8.46. The molecular formula is C68H61Cl6N11O12S. The first kappa shape index (κ1) is 68.1. The Balaban J connectivity index is 0.000000132. The smallest absolute Gasteiger partial charge is 0.256 e. The van der Waals surface area contributed by atoms with Crippen LogP contribution in [-0.2, 0) is 60.5 Å². The number of hydrogen-bond acceptors (Lipinski definition) is 15. The summed E-state index contributed by atoms with van der Waals surface area (Å²) in [6.07, 6.45) is 5.75. The number of aryl methyl sites for hydroxylation is 7. The number of nitrogens with one attached hydrogen (secondary N) is 4. The highest BCUT2D eigenvalue weighted by Gasteiger charge is 2.43. The summed E-state index contributed by atoms with van der Waals surface area (Å²) in [5.74, 6) is -0.581. The summed E-state index contributed by atoms with van der Waals surface area (Å²) in [6.45, 7) is 12.4. The number of pyridine rings is 3. The second-order valence-electron chi connectivity index (χ2n) is 24.8. The lowest BCUT2D eigenvalue weighted by Crippen LogP contribution is -2.41. The van der Waals surface area contributed by atoms with Gasteiger partial charge in [-0.1, -0.05) is 80.0 Å². The van der Waals surface area contributed by atoms with Crippen molar-refractivity contribution in [1.82, 2.24) is 54.8 Å². The number of H-pyrrole nitrogens is 4. The second kappa shape index (κ2) is 26.3. The molecule has 1 atom stereocenters. The lowest BCUT2D eigenvalue weighted by molar-refractivity contribution is 0.0612. The van der Waals surface area contributed by atoms with Crippen molar-refractivity contribution >= 4 is 130 Å². The summed E-state index contributed by atoms with van der Waals surface area (Å²) < 4.78 is 47.0. The zero-order chi connectivity index (χ0) is 69.8. The third-order valence-electron chi connectivity index (χ3n) is 18.8. The number of fused-ring (bicyclic) bond motifs is 6. The predicted molar refractivity (Wildman–Crippen MR) is 373 cm³/mol. The van der Waals surface area contributed by atoms with E-state index in [9.17, 15) is 37.2 Å². The van der Waals surface area contributed by atoms with E-state index in [0.717, 1.165) is 44.2 Å². The minimum Gasteiger partial charge on any atom is -0.464 e. The van der Waals surface area contributed by atoms with E-state index in [1.165, 1.54) is 19.6 Å². The largest absolute Gasteiger partial charge is 0.464 e. The molecule has 23 nitrogen and oxygen atoms in total. The van der Waals surface area contributed by atoms with Crippen LogP contribution in [-0.4, -0.2) is 119 Å². The molecule has 0 radical (unpaired) electrons. The van der Waals surface area contributed by atoms with Crippen LogP contribution in [0.3, 0.4) is 0 Å². The molecule has 0 saturated carbocycles. The third-order valence-corrected chi connectivity index (χ3v) is 22.8. The summed E-state index contributed by atoms with van der Waals surface area (Å²) in [6, 6.07) is 10.6. The first-order chi connectivity index (χ1) is 46.7. The van der Waals surface area contributed by atoms with Crippen molar-refractivity contribution in [3.63, 3.8) is 0 Å². The topological polar surface area (TPSA) is 302 Å². The van der Waals surface area contributed by atoms with Gasteiger partial charge in [-0.05, 0) is 114 Å². The molecule has 0 bridgehead atoms. The van der Waals surface area contributed by atoms with E-state index in [1.807, 2.05) is 33.8 Å². The van der Waals surface area contributed by atoms with Gasteiger partial charge in [0.15, 0.2) is 9.84 Å². The zero-order valence-corrected chi connectivity index (χ0v) is 59.2. The number of halogens is 6. The van der Waals surface area contributed by atoms with Gasteiger partial charge in [-0.3, -0.25) is 28.8 Å². The van der Waals surface area contributed by atoms with Gasteiger partial charge in [-0.15, -0.1) is 5.10 Å². The number of rotatable bonds is 11. The average molecular weight is 1470 g/mol. The molecule has 15 rings (SSSR count). The number of sulfone groups is 1. The average Bonchev–Trinajstić information content (AvgIpc) is 0.849. The van der Waals surface area contributed by atoms with E-state index < -0.39 is 15.9 Å². The molecule has 98 heavy (non-hydrogen) atoms. The van der Waals surface area contributed by atoms with E-state index in [2.05, 4.69) is 35.4 Å². The Morgan fingerprint density at radius 3 is 1.54 bits per heavy atom. The van der Waals surface area contributed by atoms with Gasteiger partial charge in [0.1, 0.15) is 16.9 Å². The van der Waals surface area contributed by atoms with Crippen LogP contribution in [0.4, 0.5) is 0 Å². The highest BCUT2D eigenvalue weighted by molar-refractivity contribution is 7.92. The highest BCUT2D eigenvalue weighted by atomic mass is 35.5. The first-order valence-corrected chi connectivity index (χ1v) is 35.1. The van der Waals surface area contributed by atoms with Gasteiger partial charge in [0.25, 0.3) is 34.4 Å². The van der Waals surface area contributed by atoms with E-state index >= 15 is 0 Å². The number of aromatic nitrogens is 8. The molecule has 0 aliphatic carbocycles. The summed E-state index contributed by atoms with van der Waals surface area (Å²) in [4.78, 5) is 95.2. The summed E-state index contributed by atoms with van der Waals surface area (Å²) in [5, 5.41) is 16.6. The Morgan fingerprint density at radius 2 is 1.06 bits per heavy atom. The van der Waals surface area contributed by atoms with Gasteiger partial charge in [0.2, 0.25) is 0 Å². The molecular weight excluding hydrogens is 1410 g/mol. The van der Waals surface area contributed by atoms with Gasteiger partial charge >= 0.3 is 0 Å². The Bertz CT molecular complexity index is 5220. The van der Waals surface area contributed by atoms with Crippen molar-refractivity contribution in [2.75, 3.05) is 38.2 Å². The SMILES string of the molecule is CO[C@@H](c1cc(Cl)c2c(c1Cl)C(=O)N(Cc1c(=O)[nH]c(C)c3ccoc13)CC2)C1CS(=O)(=O)C1.Cc1nnn(C)c1-c1cc(Cl)c2c(c1Cl)C(=O)N(Cc1c(=O)[nH]c(C)c3ccoc13)CC2.Cc1noc(C)c1-c1cc(Cl)c2c(c1Cl)C(=O)N(Cc1c(=O)[nH]c(C)c3[nH]ccc13)CC2. The highest BCUT2D eigenvalue weighted by Crippen LogP contribution is 2.46. The van der Waals surface area contributed by atoms with E-state index in [1.54, 1.807) is 76.8 Å². The van der Waals surface area contributed by atoms with Gasteiger partial charge in [-0.25, -0.2) is 13.1 Å². The molecule has 8 aromatic heterocycles. The second-order valence-corrected chi connectivity index (χ2v) is 29.3. The number of hydrogen-bond donors (Lipinski definition) is 4. The van der Waals surface area contributed by atoms with E-state index in [0.29, 0.717) is 159 Å². The molecule has 1 saturated heterocycles. The van der Waals surface area contributed by atoms with Crippen molar-refractivity contribution in [1.29, 1.82) is 0 Å². The Kier molecular flexibility index (Phi) is 18.3. The first-order valence-electron chi connectivity index (χ1n) is 31.0. The summed E-state index contributed by atoms with van der Waals surface area (Å²) >= 11 is 40.0. The summed E-state index contributed by atoms with van der Waals surface area (Å²) in [5.41, 5.74) is 11.9. The molecule has 4 aliphatic rings. The van der Waals surface area contributed by atoms with Gasteiger partial charge in [0, 0.05) is 122 Å². The van der Waals surface area contributed by atoms with Gasteiger partial charge in [-0.2, -0.15) is 0 Å². The minimum atomic E-state index is -3.08. The molecule has 30 heteroatoms. The monoisotopic (exact) mass is 1470 g/mol. The van der Waals surface area contributed by atoms with Crippen LogP contribution < -0.4 is 16.7 Å². The molecule has 0 unspecified atom stereocenters. The molecule has 1 fully saturated rings. The maximum absolute atomic E-state index is 13.6. The number of carbonyl (C=O) groups is 3. The predicted octanol–water partition coefficient (Wildman–Crippen LogP) is 12.6. The van der Waals surface area contributed by atoms with Crippen LogP contribution in [0.2, 0.25) is 30.1 Å². The fourth-order valence-corrected chi connectivity index (χ4v) is 17.4. The third kappa shape index (κ3) is 11.9. The number of nitrogens with zero attached hydrogens (tertiary/aromatic N) is 7. The quantitative estimate of drug-likeness (QED) is 0.0936. The van der Waals surface area contributed by atoms with Crippen molar-refractivity contribution in [3.8, 4) is 22.4 Å². The fraction of sp³-hybridized carbons (Fsp3) is 0.309. The normalized spacial score (nSPS) is 15.5. The van der Waals surface area contributed by atoms with Crippen LogP contribution in [0.25, 0.3) is 55.2 Å². The van der Waals surface area contributed by atoms with Crippen LogP contribution in [0.5, 0.6) is 0 Å². The number of benzene rings is 3. The molecule has 4 N–H and O–H groups in total. The molecule has 3 amide bonds. The number of furan rings is 2. The van der Waals surface area contributed by atoms with Crippen LogP contribution >= 0.6 is 69.6 Å². The molecule has 3 aromatic carbocycles. The van der Waals surface area contributed by atoms with Gasteiger partial charge < -0.3 is 52.7 Å². The summed E-state index contributed by atoms with van der Waals surface area (Å²) in [7, 11) is 0.152. The van der Waals surface area contributed by atoms with Crippen molar-refractivity contribution in [2.45, 2.75) is 86.5 Å². The maximum atomic E-state index is 13.6. The molecule has 4 aliphatic heterocycles. The zero-order valence-electron chi connectivity index (χ0n) is 53.8. The lowest BCUT2D eigenvalue weighted by Gasteiger charge is -2.35. The minimum absolute atomic E-state index is 0.00798. The lowest BCUT2D eigenvalue weighted by atomic mass is 9.90. The number of aromatic amines is 4. The number of amides is 3. The van der Waals surface area contributed by atoms with Crippen molar-refractivity contribution < 1.29 is 40.9 Å².